The number of amides is 1. The fourth-order valence-corrected chi connectivity index (χ4v) is 4.86. The van der Waals surface area contributed by atoms with Gasteiger partial charge in [-0.2, -0.15) is 13.2 Å². The molecule has 0 unspecified atom stereocenters. The molecule has 1 saturated carbocycles. The Labute approximate surface area is 207 Å². The third-order valence-corrected chi connectivity index (χ3v) is 6.89. The van der Waals surface area contributed by atoms with E-state index < -0.39 is 18.5 Å². The van der Waals surface area contributed by atoms with Crippen molar-refractivity contribution >= 4 is 5.91 Å². The second-order valence-electron chi connectivity index (χ2n) is 9.78. The van der Waals surface area contributed by atoms with E-state index in [1.54, 1.807) is 19.2 Å². The van der Waals surface area contributed by atoms with Crippen LogP contribution in [0.1, 0.15) is 55.0 Å². The van der Waals surface area contributed by atoms with Crippen molar-refractivity contribution in [2.24, 2.45) is 0 Å². The third kappa shape index (κ3) is 7.65. The van der Waals surface area contributed by atoms with Crippen LogP contribution < -0.4 is 10.1 Å². The van der Waals surface area contributed by atoms with Gasteiger partial charge in [0.2, 0.25) is 17.7 Å². The highest BCUT2D eigenvalue weighted by Crippen LogP contribution is 2.35. The normalized spacial score (nSPS) is 23.1. The first-order valence-electron chi connectivity index (χ1n) is 12.4. The Bertz CT molecular complexity index is 1030. The van der Waals surface area contributed by atoms with Crippen molar-refractivity contribution in [2.75, 3.05) is 26.2 Å². The summed E-state index contributed by atoms with van der Waals surface area (Å²) in [5.41, 5.74) is 0.461. The van der Waals surface area contributed by atoms with Crippen molar-refractivity contribution in [3.8, 4) is 5.88 Å². The highest BCUT2D eigenvalue weighted by atomic mass is 19.4. The van der Waals surface area contributed by atoms with Gasteiger partial charge in [-0.25, -0.2) is 14.4 Å². The summed E-state index contributed by atoms with van der Waals surface area (Å²) in [5, 5.41) is 2.96. The smallest absolute Gasteiger partial charge is 0.422 e. The molecule has 1 amide bonds. The van der Waals surface area contributed by atoms with Gasteiger partial charge in [0.15, 0.2) is 6.61 Å². The maximum Gasteiger partial charge on any atom is 0.422 e. The zero-order valence-corrected chi connectivity index (χ0v) is 20.4. The molecule has 7 nitrogen and oxygen atoms in total. The maximum absolute atomic E-state index is 15.5. The molecule has 198 valence electrons. The summed E-state index contributed by atoms with van der Waals surface area (Å²) in [4.78, 5) is 22.7. The molecule has 36 heavy (non-hydrogen) atoms. The predicted octanol–water partition coefficient (Wildman–Crippen LogP) is 4.12. The molecule has 0 aromatic carbocycles. The molecular formula is C25H32F4N4O3. The van der Waals surface area contributed by atoms with Crippen molar-refractivity contribution in [3.05, 3.63) is 41.2 Å². The van der Waals surface area contributed by atoms with Gasteiger partial charge in [0.25, 0.3) is 0 Å². The Morgan fingerprint density at radius 1 is 1.25 bits per heavy atom. The van der Waals surface area contributed by atoms with E-state index in [1.165, 1.54) is 6.07 Å². The van der Waals surface area contributed by atoms with E-state index in [4.69, 9.17) is 9.15 Å². The molecule has 1 fully saturated rings. The summed E-state index contributed by atoms with van der Waals surface area (Å²) < 4.78 is 62.8. The first-order chi connectivity index (χ1) is 17.1. The van der Waals surface area contributed by atoms with Crippen LogP contribution in [0, 0.1) is 6.92 Å². The minimum absolute atomic E-state index is 0.0263. The molecule has 1 aliphatic carbocycles. The molecule has 1 aliphatic heterocycles. The maximum atomic E-state index is 15.5. The lowest BCUT2D eigenvalue weighted by molar-refractivity contribution is -0.154. The highest BCUT2D eigenvalue weighted by molar-refractivity contribution is 5.77. The summed E-state index contributed by atoms with van der Waals surface area (Å²) in [6.07, 6.45) is 0.901. The van der Waals surface area contributed by atoms with Gasteiger partial charge >= 0.3 is 6.18 Å². The molecule has 1 N–H and O–H groups in total. The highest BCUT2D eigenvalue weighted by Gasteiger charge is 2.36. The van der Waals surface area contributed by atoms with Gasteiger partial charge in [-0.3, -0.25) is 4.79 Å². The number of aromatic nitrogens is 2. The number of hydrogen-bond donors (Lipinski definition) is 1. The fraction of sp³-hybridized carbons (Fsp3) is 0.640. The van der Waals surface area contributed by atoms with Gasteiger partial charge in [0.1, 0.15) is 17.8 Å². The molecule has 0 spiro atoms. The topological polar surface area (TPSA) is 80.5 Å². The Balaban J connectivity index is 1.19. The Morgan fingerprint density at radius 3 is 2.69 bits per heavy atom. The monoisotopic (exact) mass is 512 g/mol. The van der Waals surface area contributed by atoms with Crippen LogP contribution in [0.15, 0.2) is 22.7 Å². The number of nitrogens with one attached hydrogen (secondary N) is 1. The van der Waals surface area contributed by atoms with Crippen LogP contribution >= 0.6 is 0 Å². The first-order valence-corrected chi connectivity index (χ1v) is 12.4. The number of oxazole rings is 1. The number of halogens is 4. The van der Waals surface area contributed by atoms with Crippen LogP contribution in [0.2, 0.25) is 0 Å². The SMILES string of the molecule is Cc1cnc(CC(=O)NC2CCC(F)(CCN3CCc4ccc(OCC(F)(F)F)nc4CC3)CC2)o1. The van der Waals surface area contributed by atoms with E-state index in [9.17, 15) is 18.0 Å². The van der Waals surface area contributed by atoms with Crippen LogP contribution in [0.3, 0.4) is 0 Å². The van der Waals surface area contributed by atoms with Gasteiger partial charge in [0.05, 0.1) is 6.20 Å². The average molecular weight is 513 g/mol. The zero-order valence-electron chi connectivity index (χ0n) is 20.4. The van der Waals surface area contributed by atoms with Crippen molar-refractivity contribution in [1.82, 2.24) is 20.2 Å². The molecular weight excluding hydrogens is 480 g/mol. The lowest BCUT2D eigenvalue weighted by Gasteiger charge is -2.35. The van der Waals surface area contributed by atoms with E-state index in [1.807, 2.05) is 0 Å². The lowest BCUT2D eigenvalue weighted by atomic mass is 9.81. The molecule has 4 rings (SSSR count). The summed E-state index contributed by atoms with van der Waals surface area (Å²) >= 11 is 0. The minimum Gasteiger partial charge on any atom is -0.468 e. The van der Waals surface area contributed by atoms with Gasteiger partial charge in [0, 0.05) is 43.9 Å². The third-order valence-electron chi connectivity index (χ3n) is 6.89. The summed E-state index contributed by atoms with van der Waals surface area (Å²) in [6, 6.07) is 3.19. The number of nitrogens with zero attached hydrogens (tertiary/aromatic N) is 3. The Morgan fingerprint density at radius 2 is 2.00 bits per heavy atom. The number of alkyl halides is 4. The lowest BCUT2D eigenvalue weighted by Crippen LogP contribution is -2.43. The van der Waals surface area contributed by atoms with E-state index in [0.29, 0.717) is 69.7 Å². The number of pyridine rings is 1. The van der Waals surface area contributed by atoms with Gasteiger partial charge < -0.3 is 19.4 Å². The van der Waals surface area contributed by atoms with E-state index in [2.05, 4.69) is 20.2 Å². The standard InChI is InChI=1S/C25H32F4N4O3/c1-17-15-30-23(36-17)14-21(34)31-19-4-8-24(26,9-5-19)10-13-33-11-6-18-2-3-22(32-20(18)7-12-33)35-16-25(27,28)29/h2-3,15,19H,4-14,16H2,1H3,(H,31,34). The van der Waals surface area contributed by atoms with Crippen LogP contribution in [-0.4, -0.2) is 64.9 Å². The summed E-state index contributed by atoms with van der Waals surface area (Å²) in [7, 11) is 0. The minimum atomic E-state index is -4.41. The molecule has 3 heterocycles. The Hall–Kier alpha value is -2.69. The average Bonchev–Trinajstić information content (AvgIpc) is 3.11. The van der Waals surface area contributed by atoms with E-state index >= 15 is 4.39 Å². The quantitative estimate of drug-likeness (QED) is 0.536. The molecule has 0 atom stereocenters. The number of carbonyl (C=O) groups excluding carboxylic acids is 1. The second kappa shape index (κ2) is 11.1. The van der Waals surface area contributed by atoms with E-state index in [0.717, 1.165) is 17.8 Å². The summed E-state index contributed by atoms with van der Waals surface area (Å²) in [5.74, 6) is 0.835. The number of carbonyl (C=O) groups is 1. The Kier molecular flexibility index (Phi) is 8.17. The molecule has 11 heteroatoms. The molecule has 2 aliphatic rings. The van der Waals surface area contributed by atoms with E-state index in [-0.39, 0.29) is 24.2 Å². The van der Waals surface area contributed by atoms with Crippen molar-refractivity contribution in [1.29, 1.82) is 0 Å². The summed E-state index contributed by atoms with van der Waals surface area (Å²) in [6.45, 7) is 2.41. The van der Waals surface area contributed by atoms with Gasteiger partial charge in [-0.15, -0.1) is 0 Å². The van der Waals surface area contributed by atoms with Crippen LogP contribution in [0.4, 0.5) is 17.6 Å². The number of rotatable bonds is 8. The van der Waals surface area contributed by atoms with Crippen molar-refractivity contribution in [3.63, 3.8) is 0 Å². The fourth-order valence-electron chi connectivity index (χ4n) is 4.86. The number of ether oxygens (including phenoxy) is 1. The number of aryl methyl sites for hydroxylation is 1. The first kappa shape index (κ1) is 26.4. The number of hydrogen-bond acceptors (Lipinski definition) is 6. The van der Waals surface area contributed by atoms with Crippen molar-refractivity contribution in [2.45, 2.75) is 76.2 Å². The molecule has 2 aromatic heterocycles. The zero-order chi connectivity index (χ0) is 25.8. The van der Waals surface area contributed by atoms with Crippen molar-refractivity contribution < 1.29 is 31.5 Å². The van der Waals surface area contributed by atoms with Crippen LogP contribution in [0.25, 0.3) is 0 Å². The predicted molar refractivity (Wildman–Crippen MR) is 123 cm³/mol. The molecule has 0 radical (unpaired) electrons. The number of fused-ring (bicyclic) bond motifs is 1. The van der Waals surface area contributed by atoms with Crippen LogP contribution in [0.5, 0.6) is 5.88 Å². The second-order valence-corrected chi connectivity index (χ2v) is 9.78. The molecule has 2 aromatic rings. The largest absolute Gasteiger partial charge is 0.468 e. The molecule has 0 saturated heterocycles. The van der Waals surface area contributed by atoms with Crippen LogP contribution in [-0.2, 0) is 24.1 Å². The van der Waals surface area contributed by atoms with Gasteiger partial charge in [-0.05, 0) is 51.0 Å². The molecule has 0 bridgehead atoms. The van der Waals surface area contributed by atoms with Gasteiger partial charge in [-0.1, -0.05) is 6.07 Å².